The van der Waals surface area contributed by atoms with Crippen molar-refractivity contribution in [2.75, 3.05) is 6.61 Å². The lowest BCUT2D eigenvalue weighted by Crippen LogP contribution is -2.07. The van der Waals surface area contributed by atoms with Crippen LogP contribution in [-0.2, 0) is 0 Å². The van der Waals surface area contributed by atoms with Gasteiger partial charge in [0.1, 0.15) is 6.10 Å². The highest BCUT2D eigenvalue weighted by molar-refractivity contribution is 5.34. The van der Waals surface area contributed by atoms with Crippen LogP contribution in [-0.4, -0.2) is 22.9 Å². The summed E-state index contributed by atoms with van der Waals surface area (Å²) in [5.74, 6) is 5.24. The summed E-state index contributed by atoms with van der Waals surface area (Å²) >= 11 is 0. The van der Waals surface area contributed by atoms with E-state index in [1.807, 2.05) is 30.3 Å². The van der Waals surface area contributed by atoms with Crippen molar-refractivity contribution in [2.24, 2.45) is 0 Å². The van der Waals surface area contributed by atoms with Crippen LogP contribution in [0.4, 0.5) is 0 Å². The fourth-order valence-electron chi connectivity index (χ4n) is 0.734. The third-order valence-corrected chi connectivity index (χ3v) is 1.33. The lowest BCUT2D eigenvalue weighted by molar-refractivity contribution is 0.138. The molecule has 0 spiro atoms. The van der Waals surface area contributed by atoms with Gasteiger partial charge in [-0.2, -0.15) is 0 Å². The van der Waals surface area contributed by atoms with Crippen LogP contribution in [0.15, 0.2) is 30.3 Å². The molecule has 0 saturated heterocycles. The van der Waals surface area contributed by atoms with Gasteiger partial charge in [0.2, 0.25) is 0 Å². The highest BCUT2D eigenvalue weighted by Crippen LogP contribution is 1.94. The highest BCUT2D eigenvalue weighted by Gasteiger charge is 1.92. The number of rotatable bonds is 1. The van der Waals surface area contributed by atoms with Crippen molar-refractivity contribution in [1.29, 1.82) is 0 Å². The first-order valence-corrected chi connectivity index (χ1v) is 3.68. The molecule has 0 unspecified atom stereocenters. The van der Waals surface area contributed by atoms with Gasteiger partial charge >= 0.3 is 0 Å². The monoisotopic (exact) mass is 162 g/mol. The van der Waals surface area contributed by atoms with E-state index in [2.05, 4.69) is 11.8 Å². The Morgan fingerprint density at radius 3 is 2.50 bits per heavy atom. The Morgan fingerprint density at radius 2 is 1.92 bits per heavy atom. The van der Waals surface area contributed by atoms with Crippen molar-refractivity contribution in [1.82, 2.24) is 0 Å². The zero-order valence-corrected chi connectivity index (χ0v) is 6.57. The molecule has 2 N–H and O–H groups in total. The third-order valence-electron chi connectivity index (χ3n) is 1.33. The average molecular weight is 162 g/mol. The molecule has 0 saturated carbocycles. The zero-order chi connectivity index (χ0) is 8.81. The van der Waals surface area contributed by atoms with Gasteiger partial charge in [0.05, 0.1) is 6.61 Å². The summed E-state index contributed by atoms with van der Waals surface area (Å²) in [6, 6.07) is 9.33. The number of hydrogen-bond acceptors (Lipinski definition) is 2. The predicted octanol–water partition coefficient (Wildman–Crippen LogP) is 0.391. The predicted molar refractivity (Wildman–Crippen MR) is 46.4 cm³/mol. The average Bonchev–Trinajstić information content (AvgIpc) is 2.16. The Kier molecular flexibility index (Phi) is 3.34. The molecule has 0 radical (unpaired) electrons. The van der Waals surface area contributed by atoms with E-state index in [9.17, 15) is 0 Å². The summed E-state index contributed by atoms with van der Waals surface area (Å²) < 4.78 is 0. The quantitative estimate of drug-likeness (QED) is 0.586. The molecule has 0 aliphatic carbocycles. The van der Waals surface area contributed by atoms with Crippen molar-refractivity contribution < 1.29 is 10.2 Å². The van der Waals surface area contributed by atoms with Gasteiger partial charge in [-0.3, -0.25) is 0 Å². The van der Waals surface area contributed by atoms with Gasteiger partial charge in [0, 0.05) is 5.56 Å². The van der Waals surface area contributed by atoms with Gasteiger partial charge < -0.3 is 10.2 Å². The van der Waals surface area contributed by atoms with Gasteiger partial charge in [-0.05, 0) is 12.1 Å². The fourth-order valence-corrected chi connectivity index (χ4v) is 0.734. The molecule has 2 heteroatoms. The second-order valence-electron chi connectivity index (χ2n) is 2.33. The van der Waals surface area contributed by atoms with Crippen molar-refractivity contribution in [3.05, 3.63) is 35.9 Å². The van der Waals surface area contributed by atoms with E-state index >= 15 is 0 Å². The summed E-state index contributed by atoms with van der Waals surface area (Å²) in [6.07, 6.45) is -0.940. The Labute approximate surface area is 71.5 Å². The molecule has 1 aromatic rings. The van der Waals surface area contributed by atoms with Crippen molar-refractivity contribution >= 4 is 0 Å². The maximum Gasteiger partial charge on any atom is 0.138 e. The van der Waals surface area contributed by atoms with E-state index in [4.69, 9.17) is 10.2 Å². The molecule has 0 bridgehead atoms. The van der Waals surface area contributed by atoms with Crippen molar-refractivity contribution in [3.8, 4) is 11.8 Å². The Bertz CT molecular complexity index is 282. The van der Waals surface area contributed by atoms with Gasteiger partial charge in [-0.1, -0.05) is 30.0 Å². The first-order valence-electron chi connectivity index (χ1n) is 3.68. The van der Waals surface area contributed by atoms with E-state index in [1.165, 1.54) is 0 Å². The van der Waals surface area contributed by atoms with Crippen LogP contribution < -0.4 is 0 Å². The molecule has 2 nitrogen and oxygen atoms in total. The van der Waals surface area contributed by atoms with Crippen LogP contribution in [0.5, 0.6) is 0 Å². The highest BCUT2D eigenvalue weighted by atomic mass is 16.3. The Balaban J connectivity index is 2.67. The largest absolute Gasteiger partial charge is 0.393 e. The molecule has 0 aromatic heterocycles. The molecule has 1 rings (SSSR count). The van der Waals surface area contributed by atoms with Crippen LogP contribution in [0.25, 0.3) is 0 Å². The van der Waals surface area contributed by atoms with E-state index < -0.39 is 6.10 Å². The van der Waals surface area contributed by atoms with E-state index in [0.717, 1.165) is 5.56 Å². The van der Waals surface area contributed by atoms with Crippen LogP contribution in [0.1, 0.15) is 5.56 Å². The normalized spacial score (nSPS) is 11.5. The first-order chi connectivity index (χ1) is 5.83. The minimum absolute atomic E-state index is 0.320. The third kappa shape index (κ3) is 2.75. The molecule has 12 heavy (non-hydrogen) atoms. The summed E-state index contributed by atoms with van der Waals surface area (Å²) in [6.45, 7) is -0.320. The smallest absolute Gasteiger partial charge is 0.138 e. The molecular weight excluding hydrogens is 152 g/mol. The van der Waals surface area contributed by atoms with Crippen molar-refractivity contribution in [2.45, 2.75) is 6.10 Å². The van der Waals surface area contributed by atoms with Crippen LogP contribution in [0, 0.1) is 11.8 Å². The fraction of sp³-hybridized carbons (Fsp3) is 0.200. The molecule has 0 aliphatic rings. The molecule has 62 valence electrons. The lowest BCUT2D eigenvalue weighted by atomic mass is 10.2. The number of aliphatic hydroxyl groups is 2. The second kappa shape index (κ2) is 4.55. The lowest BCUT2D eigenvalue weighted by Gasteiger charge is -1.93. The van der Waals surface area contributed by atoms with E-state index in [-0.39, 0.29) is 6.61 Å². The van der Waals surface area contributed by atoms with Gasteiger partial charge in [-0.15, -0.1) is 0 Å². The molecule has 0 fully saturated rings. The van der Waals surface area contributed by atoms with E-state index in [0.29, 0.717) is 0 Å². The van der Waals surface area contributed by atoms with Crippen LogP contribution >= 0.6 is 0 Å². The molecule has 1 atom stereocenters. The van der Waals surface area contributed by atoms with Crippen LogP contribution in [0.3, 0.4) is 0 Å². The van der Waals surface area contributed by atoms with E-state index in [1.54, 1.807) is 0 Å². The molecule has 0 aliphatic heterocycles. The Morgan fingerprint density at radius 1 is 1.25 bits per heavy atom. The number of benzene rings is 1. The summed E-state index contributed by atoms with van der Waals surface area (Å²) in [5.41, 5.74) is 0.838. The number of aliphatic hydroxyl groups excluding tert-OH is 2. The summed E-state index contributed by atoms with van der Waals surface area (Å²) in [4.78, 5) is 0. The van der Waals surface area contributed by atoms with Crippen molar-refractivity contribution in [3.63, 3.8) is 0 Å². The summed E-state index contributed by atoms with van der Waals surface area (Å²) in [5, 5.41) is 17.4. The molecule has 0 heterocycles. The molecule has 0 amide bonds. The topological polar surface area (TPSA) is 40.5 Å². The van der Waals surface area contributed by atoms with Crippen LogP contribution in [0.2, 0.25) is 0 Å². The molecular formula is C10H10O2. The second-order valence-corrected chi connectivity index (χ2v) is 2.33. The maximum absolute atomic E-state index is 8.90. The maximum atomic E-state index is 8.90. The van der Waals surface area contributed by atoms with Gasteiger partial charge in [0.15, 0.2) is 0 Å². The Hall–Kier alpha value is -1.30. The number of hydrogen-bond donors (Lipinski definition) is 2. The summed E-state index contributed by atoms with van der Waals surface area (Å²) in [7, 11) is 0. The zero-order valence-electron chi connectivity index (χ0n) is 6.57. The van der Waals surface area contributed by atoms with Gasteiger partial charge in [-0.25, -0.2) is 0 Å². The van der Waals surface area contributed by atoms with Gasteiger partial charge in [0.25, 0.3) is 0 Å². The first kappa shape index (κ1) is 8.79. The standard InChI is InChI=1S/C10H10O2/c11-8-10(12)7-6-9-4-2-1-3-5-9/h1-5,10-12H,8H2/t10-/m0/s1. The minimum atomic E-state index is -0.940. The SMILES string of the molecule is OC[C@@H](O)C#Cc1ccccc1. The minimum Gasteiger partial charge on any atom is -0.393 e. The molecule has 1 aromatic carbocycles.